The number of ether oxygens (including phenoxy) is 1. The highest BCUT2D eigenvalue weighted by Gasteiger charge is 2.47. The second kappa shape index (κ2) is 4.00. The van der Waals surface area contributed by atoms with E-state index in [9.17, 15) is 4.79 Å². The molecule has 2 heterocycles. The number of hydrogen-bond acceptors (Lipinski definition) is 2. The third kappa shape index (κ3) is 1.55. The van der Waals surface area contributed by atoms with Crippen molar-refractivity contribution < 1.29 is 9.53 Å². The van der Waals surface area contributed by atoms with Crippen molar-refractivity contribution in [2.45, 2.75) is 22.6 Å². The molecule has 84 valence electrons. The van der Waals surface area contributed by atoms with E-state index in [1.165, 1.54) is 0 Å². The molecule has 1 amide bonds. The standard InChI is InChI=1S/C12H12INO2/c13-10-6-9-7-16-12(14(9)11(10)15)8-4-2-1-3-5-8/h1-5,9-10,12H,6-7H2/t9-,10-,12+/m0/s1. The average Bonchev–Trinajstić information content (AvgIpc) is 2.83. The molecule has 0 bridgehead atoms. The molecule has 3 rings (SSSR count). The molecular weight excluding hydrogens is 317 g/mol. The van der Waals surface area contributed by atoms with Gasteiger partial charge in [-0.3, -0.25) is 4.79 Å². The number of rotatable bonds is 1. The average molecular weight is 329 g/mol. The first-order valence-corrected chi connectivity index (χ1v) is 6.65. The summed E-state index contributed by atoms with van der Waals surface area (Å²) in [6.07, 6.45) is 0.751. The number of alkyl halides is 1. The van der Waals surface area contributed by atoms with E-state index in [1.54, 1.807) is 0 Å². The summed E-state index contributed by atoms with van der Waals surface area (Å²) in [5, 5.41) is 0. The third-order valence-electron chi connectivity index (χ3n) is 3.18. The maximum atomic E-state index is 12.0. The van der Waals surface area contributed by atoms with Crippen LogP contribution in [0.3, 0.4) is 0 Å². The van der Waals surface area contributed by atoms with Gasteiger partial charge in [-0.05, 0) is 6.42 Å². The van der Waals surface area contributed by atoms with Gasteiger partial charge in [0.15, 0.2) is 6.23 Å². The Morgan fingerprint density at radius 3 is 2.81 bits per heavy atom. The van der Waals surface area contributed by atoms with Crippen molar-refractivity contribution in [1.29, 1.82) is 0 Å². The van der Waals surface area contributed by atoms with Crippen molar-refractivity contribution in [3.05, 3.63) is 35.9 Å². The summed E-state index contributed by atoms with van der Waals surface area (Å²) in [6.45, 7) is 0.671. The van der Waals surface area contributed by atoms with E-state index in [4.69, 9.17) is 4.74 Å². The Morgan fingerprint density at radius 2 is 2.06 bits per heavy atom. The Labute approximate surface area is 108 Å². The van der Waals surface area contributed by atoms with Crippen LogP contribution in [-0.2, 0) is 9.53 Å². The lowest BCUT2D eigenvalue weighted by Gasteiger charge is -2.22. The normalized spacial score (nSPS) is 33.2. The molecule has 0 saturated carbocycles. The molecule has 2 saturated heterocycles. The van der Waals surface area contributed by atoms with Crippen LogP contribution >= 0.6 is 22.6 Å². The summed E-state index contributed by atoms with van der Waals surface area (Å²) in [7, 11) is 0. The van der Waals surface area contributed by atoms with Crippen LogP contribution < -0.4 is 0 Å². The van der Waals surface area contributed by atoms with Crippen molar-refractivity contribution in [2.75, 3.05) is 6.61 Å². The van der Waals surface area contributed by atoms with Crippen molar-refractivity contribution in [2.24, 2.45) is 0 Å². The zero-order valence-electron chi connectivity index (χ0n) is 8.67. The lowest BCUT2D eigenvalue weighted by Crippen LogP contribution is -2.32. The first-order chi connectivity index (χ1) is 7.77. The van der Waals surface area contributed by atoms with Gasteiger partial charge in [0, 0.05) is 5.56 Å². The molecule has 16 heavy (non-hydrogen) atoms. The molecule has 2 fully saturated rings. The predicted octanol–water partition coefficient (Wildman–Crippen LogP) is 2.12. The Kier molecular flexibility index (Phi) is 2.63. The number of benzene rings is 1. The van der Waals surface area contributed by atoms with E-state index >= 15 is 0 Å². The van der Waals surface area contributed by atoms with Crippen LogP contribution in [0, 0.1) is 0 Å². The molecule has 3 nitrogen and oxygen atoms in total. The Balaban J connectivity index is 1.91. The molecule has 0 spiro atoms. The number of amides is 1. The van der Waals surface area contributed by atoms with Gasteiger partial charge in [0.2, 0.25) is 5.91 Å². The summed E-state index contributed by atoms with van der Waals surface area (Å²) < 4.78 is 5.85. The van der Waals surface area contributed by atoms with Gasteiger partial charge < -0.3 is 9.64 Å². The van der Waals surface area contributed by atoms with Crippen LogP contribution in [0.1, 0.15) is 18.2 Å². The second-order valence-electron chi connectivity index (χ2n) is 4.20. The lowest BCUT2D eigenvalue weighted by molar-refractivity contribution is -0.133. The zero-order chi connectivity index (χ0) is 11.1. The molecule has 3 atom stereocenters. The van der Waals surface area contributed by atoms with E-state index < -0.39 is 0 Å². The number of hydrogen-bond donors (Lipinski definition) is 0. The van der Waals surface area contributed by atoms with Gasteiger partial charge in [-0.2, -0.15) is 0 Å². The number of fused-ring (bicyclic) bond motifs is 1. The van der Waals surface area contributed by atoms with Crippen molar-refractivity contribution >= 4 is 28.5 Å². The van der Waals surface area contributed by atoms with Crippen LogP contribution in [0.2, 0.25) is 0 Å². The quantitative estimate of drug-likeness (QED) is 0.583. The SMILES string of the molecule is O=C1[C@@H](I)C[C@H]2CO[C@H](c3ccccc3)N12. The van der Waals surface area contributed by atoms with Gasteiger partial charge in [-0.1, -0.05) is 52.9 Å². The summed E-state index contributed by atoms with van der Waals surface area (Å²) in [5.41, 5.74) is 1.07. The van der Waals surface area contributed by atoms with Crippen molar-refractivity contribution in [3.8, 4) is 0 Å². The highest BCUT2D eigenvalue weighted by molar-refractivity contribution is 14.1. The third-order valence-corrected chi connectivity index (χ3v) is 4.22. The topological polar surface area (TPSA) is 29.5 Å². The van der Waals surface area contributed by atoms with Crippen LogP contribution in [0.5, 0.6) is 0 Å². The number of carbonyl (C=O) groups excluding carboxylic acids is 1. The number of carbonyl (C=O) groups is 1. The minimum absolute atomic E-state index is 0.123. The van der Waals surface area contributed by atoms with Gasteiger partial charge >= 0.3 is 0 Å². The minimum atomic E-state index is -0.168. The van der Waals surface area contributed by atoms with Gasteiger partial charge in [0.05, 0.1) is 16.6 Å². The van der Waals surface area contributed by atoms with Crippen LogP contribution in [-0.4, -0.2) is 27.4 Å². The molecule has 0 aliphatic carbocycles. The second-order valence-corrected chi connectivity index (χ2v) is 5.70. The Morgan fingerprint density at radius 1 is 1.31 bits per heavy atom. The molecule has 0 N–H and O–H groups in total. The maximum absolute atomic E-state index is 12.0. The van der Waals surface area contributed by atoms with Crippen LogP contribution in [0.15, 0.2) is 30.3 Å². The molecule has 4 heteroatoms. The van der Waals surface area contributed by atoms with Crippen LogP contribution in [0.25, 0.3) is 0 Å². The monoisotopic (exact) mass is 329 g/mol. The largest absolute Gasteiger partial charge is 0.352 e. The van der Waals surface area contributed by atoms with Gasteiger partial charge in [0.1, 0.15) is 0 Å². The fourth-order valence-electron chi connectivity index (χ4n) is 2.41. The molecule has 2 aliphatic rings. The minimum Gasteiger partial charge on any atom is -0.352 e. The molecule has 1 aromatic rings. The first kappa shape index (κ1) is 10.5. The van der Waals surface area contributed by atoms with E-state index in [2.05, 4.69) is 22.6 Å². The smallest absolute Gasteiger partial charge is 0.238 e. The summed E-state index contributed by atoms with van der Waals surface area (Å²) in [5.74, 6) is 0.219. The van der Waals surface area contributed by atoms with Gasteiger partial charge in [-0.25, -0.2) is 0 Å². The summed E-state index contributed by atoms with van der Waals surface area (Å²) >= 11 is 2.23. The van der Waals surface area contributed by atoms with E-state index in [1.807, 2.05) is 35.2 Å². The molecule has 1 aromatic carbocycles. The Hall–Kier alpha value is -0.620. The lowest BCUT2D eigenvalue weighted by atomic mass is 10.2. The fourth-order valence-corrected chi connectivity index (χ4v) is 3.32. The Bertz CT molecular complexity index is 409. The van der Waals surface area contributed by atoms with E-state index in [0.29, 0.717) is 6.61 Å². The first-order valence-electron chi connectivity index (χ1n) is 5.40. The molecule has 2 aliphatic heterocycles. The van der Waals surface area contributed by atoms with E-state index in [0.717, 1.165) is 12.0 Å². The van der Waals surface area contributed by atoms with E-state index in [-0.39, 0.29) is 22.1 Å². The number of halogens is 1. The van der Waals surface area contributed by atoms with Crippen LogP contribution in [0.4, 0.5) is 0 Å². The molecule has 0 aromatic heterocycles. The summed E-state index contributed by atoms with van der Waals surface area (Å²) in [6, 6.07) is 10.2. The molecular formula is C12H12INO2. The fraction of sp³-hybridized carbons (Fsp3) is 0.417. The highest BCUT2D eigenvalue weighted by Crippen LogP contribution is 2.39. The predicted molar refractivity (Wildman–Crippen MR) is 68.2 cm³/mol. The number of nitrogens with zero attached hydrogens (tertiary/aromatic N) is 1. The van der Waals surface area contributed by atoms with Crippen molar-refractivity contribution in [3.63, 3.8) is 0 Å². The summed E-state index contributed by atoms with van der Waals surface area (Å²) in [4.78, 5) is 13.9. The molecule has 0 unspecified atom stereocenters. The molecule has 0 radical (unpaired) electrons. The zero-order valence-corrected chi connectivity index (χ0v) is 10.8. The van der Waals surface area contributed by atoms with Gasteiger partial charge in [0.25, 0.3) is 0 Å². The maximum Gasteiger partial charge on any atom is 0.238 e. The van der Waals surface area contributed by atoms with Crippen molar-refractivity contribution in [1.82, 2.24) is 4.90 Å². The van der Waals surface area contributed by atoms with Gasteiger partial charge in [-0.15, -0.1) is 0 Å². The highest BCUT2D eigenvalue weighted by atomic mass is 127.